The van der Waals surface area contributed by atoms with Gasteiger partial charge in [-0.25, -0.2) is 9.97 Å². The van der Waals surface area contributed by atoms with Crippen LogP contribution in [0.4, 0.5) is 5.82 Å². The van der Waals surface area contributed by atoms with Crippen molar-refractivity contribution in [3.8, 4) is 0 Å². The number of amides is 1. The number of hydrogen-bond acceptors (Lipinski definition) is 5. The van der Waals surface area contributed by atoms with Crippen molar-refractivity contribution >= 4 is 51.5 Å². The number of fused-ring (bicyclic) bond motifs is 3. The maximum absolute atomic E-state index is 14.3. The Bertz CT molecular complexity index is 1420. The largest absolute Gasteiger partial charge is 0.353 e. The van der Waals surface area contributed by atoms with Gasteiger partial charge in [0, 0.05) is 55.3 Å². The summed E-state index contributed by atoms with van der Waals surface area (Å²) in [6, 6.07) is 10.7. The Morgan fingerprint density at radius 2 is 1.89 bits per heavy atom. The normalized spacial score (nSPS) is 25.3. The summed E-state index contributed by atoms with van der Waals surface area (Å²) in [5.41, 5.74) is 4.80. The van der Waals surface area contributed by atoms with E-state index in [0.717, 1.165) is 43.6 Å². The van der Waals surface area contributed by atoms with Gasteiger partial charge in [-0.2, -0.15) is 0 Å². The van der Waals surface area contributed by atoms with Crippen LogP contribution in [0.3, 0.4) is 0 Å². The van der Waals surface area contributed by atoms with Gasteiger partial charge in [-0.05, 0) is 61.5 Å². The van der Waals surface area contributed by atoms with Crippen LogP contribution in [0, 0.1) is 5.41 Å². The minimum atomic E-state index is -0.000924. The fourth-order valence-electron chi connectivity index (χ4n) is 7.28. The zero-order valence-electron chi connectivity index (χ0n) is 21.0. The third kappa shape index (κ3) is 3.54. The predicted molar refractivity (Wildman–Crippen MR) is 147 cm³/mol. The second-order valence-corrected chi connectivity index (χ2v) is 11.4. The number of carbonyl (C=O) groups excluding carboxylic acids is 1. The Hall–Kier alpha value is -2.61. The number of carbonyl (C=O) groups is 1. The number of nitrogens with zero attached hydrogens (tertiary/aromatic N) is 6. The maximum Gasteiger partial charge on any atom is 0.270 e. The number of benzene rings is 1. The van der Waals surface area contributed by atoms with E-state index in [2.05, 4.69) is 61.6 Å². The van der Waals surface area contributed by atoms with Crippen LogP contribution in [-0.4, -0.2) is 69.5 Å². The molecule has 7 nitrogen and oxygen atoms in total. The van der Waals surface area contributed by atoms with E-state index in [4.69, 9.17) is 23.2 Å². The Morgan fingerprint density at radius 1 is 1.08 bits per heavy atom. The highest BCUT2D eigenvalue weighted by atomic mass is 35.5. The monoisotopic (exact) mass is 536 g/mol. The highest BCUT2D eigenvalue weighted by Gasteiger charge is 2.51. The topological polar surface area (TPSA) is 57.5 Å². The van der Waals surface area contributed by atoms with Crippen LogP contribution in [0.2, 0.25) is 10.4 Å². The molecule has 0 saturated carbocycles. The number of aromatic nitrogens is 3. The summed E-state index contributed by atoms with van der Waals surface area (Å²) in [6.07, 6.45) is 6.75. The fraction of sp³-hybridized carbons (Fsp3) is 0.464. The Labute approximate surface area is 226 Å². The molecule has 9 heteroatoms. The molecule has 0 aliphatic carbocycles. The van der Waals surface area contributed by atoms with Gasteiger partial charge in [-0.3, -0.25) is 9.69 Å². The van der Waals surface area contributed by atoms with Crippen molar-refractivity contribution in [1.82, 2.24) is 24.3 Å². The lowest BCUT2D eigenvalue weighted by Gasteiger charge is -2.53. The fourth-order valence-corrected chi connectivity index (χ4v) is 7.68. The first kappa shape index (κ1) is 23.5. The molecule has 0 radical (unpaired) electrons. The Morgan fingerprint density at radius 3 is 2.68 bits per heavy atom. The van der Waals surface area contributed by atoms with Gasteiger partial charge in [0.25, 0.3) is 5.91 Å². The minimum absolute atomic E-state index is 0.000924. The molecule has 0 N–H and O–H groups in total. The van der Waals surface area contributed by atoms with E-state index < -0.39 is 0 Å². The van der Waals surface area contributed by atoms with Crippen molar-refractivity contribution in [3.63, 3.8) is 0 Å². The quantitative estimate of drug-likeness (QED) is 0.347. The van der Waals surface area contributed by atoms with Gasteiger partial charge >= 0.3 is 0 Å². The second-order valence-electron chi connectivity index (χ2n) is 10.7. The molecule has 2 atom stereocenters. The van der Waals surface area contributed by atoms with E-state index in [1.54, 1.807) is 6.07 Å². The van der Waals surface area contributed by atoms with Gasteiger partial charge in [-0.15, -0.1) is 0 Å². The van der Waals surface area contributed by atoms with Crippen molar-refractivity contribution in [2.45, 2.75) is 38.6 Å². The molecule has 4 aliphatic rings. The lowest BCUT2D eigenvalue weighted by atomic mass is 9.66. The Kier molecular flexibility index (Phi) is 5.54. The zero-order valence-corrected chi connectivity index (χ0v) is 22.5. The maximum atomic E-state index is 14.3. The molecular weight excluding hydrogens is 507 g/mol. The predicted octanol–water partition coefficient (Wildman–Crippen LogP) is 5.03. The van der Waals surface area contributed by atoms with E-state index in [0.29, 0.717) is 43.2 Å². The third-order valence-corrected chi connectivity index (χ3v) is 9.38. The van der Waals surface area contributed by atoms with Gasteiger partial charge in [0.15, 0.2) is 0 Å². The van der Waals surface area contributed by atoms with Crippen molar-refractivity contribution < 1.29 is 4.79 Å². The molecule has 4 aliphatic heterocycles. The number of halogens is 2. The number of piperazine rings is 1. The van der Waals surface area contributed by atoms with Crippen LogP contribution < -0.4 is 4.90 Å². The lowest BCUT2D eigenvalue weighted by molar-refractivity contribution is -0.125. The van der Waals surface area contributed by atoms with Crippen LogP contribution in [0.25, 0.3) is 16.6 Å². The molecule has 37 heavy (non-hydrogen) atoms. The van der Waals surface area contributed by atoms with Crippen molar-refractivity contribution in [2.24, 2.45) is 5.41 Å². The summed E-state index contributed by atoms with van der Waals surface area (Å²) >= 11 is 12.1. The van der Waals surface area contributed by atoms with Gasteiger partial charge in [0.2, 0.25) is 5.28 Å². The standard InChI is InChI=1S/C28H30Cl2N6O/c1-2-28-9-5-10-34-11-8-19-18-6-3-4-7-20(18)36(24(19)25(28)34)21(17-28)26(37)35-14-12-33(13-15-35)23-16-22(29)31-27(30)32-23/h3-4,6-7,16-17,25H,2,5,8-15H2,1H3/t25-,28+/m1/s1. The Balaban J connectivity index is 1.27. The van der Waals surface area contributed by atoms with E-state index in [1.165, 1.54) is 23.1 Å². The van der Waals surface area contributed by atoms with E-state index >= 15 is 0 Å². The number of hydrogen-bond donors (Lipinski definition) is 0. The smallest absolute Gasteiger partial charge is 0.270 e. The number of para-hydroxylation sites is 1. The highest BCUT2D eigenvalue weighted by molar-refractivity contribution is 6.32. The number of rotatable bonds is 3. The third-order valence-electron chi connectivity index (χ3n) is 9.01. The molecule has 2 fully saturated rings. The number of anilines is 1. The molecule has 0 unspecified atom stereocenters. The zero-order chi connectivity index (χ0) is 25.3. The summed E-state index contributed by atoms with van der Waals surface area (Å²) in [5, 5.41) is 1.76. The summed E-state index contributed by atoms with van der Waals surface area (Å²) in [5.74, 6) is 0.824. The molecule has 2 saturated heterocycles. The van der Waals surface area contributed by atoms with Gasteiger partial charge in [-0.1, -0.05) is 36.7 Å². The molecule has 2 aromatic heterocycles. The van der Waals surface area contributed by atoms with E-state index in [9.17, 15) is 4.79 Å². The molecule has 3 aromatic rings. The summed E-state index contributed by atoms with van der Waals surface area (Å²) < 4.78 is 2.32. The lowest BCUT2D eigenvalue weighted by Crippen LogP contribution is -2.53. The molecule has 7 rings (SSSR count). The molecule has 0 bridgehead atoms. The van der Waals surface area contributed by atoms with Crippen molar-refractivity contribution in [3.05, 3.63) is 58.1 Å². The SMILES string of the molecule is CC[C@@]12C=C(C(=O)N3CCN(c4cc(Cl)nc(Cl)n4)CC3)n3c4c(c5ccccc53)CCN(CCC1)[C@H]42. The average Bonchev–Trinajstić information content (AvgIpc) is 3.26. The molecule has 192 valence electrons. The average molecular weight is 537 g/mol. The first-order chi connectivity index (χ1) is 18.0. The number of piperidine rings is 1. The second kappa shape index (κ2) is 8.72. The summed E-state index contributed by atoms with van der Waals surface area (Å²) in [4.78, 5) is 29.4. The van der Waals surface area contributed by atoms with Crippen LogP contribution >= 0.6 is 23.2 Å². The van der Waals surface area contributed by atoms with Crippen molar-refractivity contribution in [2.75, 3.05) is 44.2 Å². The molecule has 6 heterocycles. The van der Waals surface area contributed by atoms with Gasteiger partial charge < -0.3 is 14.4 Å². The van der Waals surface area contributed by atoms with E-state index in [1.807, 2.05) is 4.90 Å². The van der Waals surface area contributed by atoms with Crippen LogP contribution in [-0.2, 0) is 11.2 Å². The molecule has 1 amide bonds. The molecule has 0 spiro atoms. The molecule has 1 aromatic carbocycles. The molecular formula is C28H30Cl2N6O. The minimum Gasteiger partial charge on any atom is -0.353 e. The van der Waals surface area contributed by atoms with Crippen molar-refractivity contribution in [1.29, 1.82) is 0 Å². The highest BCUT2D eigenvalue weighted by Crippen LogP contribution is 2.57. The first-order valence-electron chi connectivity index (χ1n) is 13.3. The van der Waals surface area contributed by atoms with Gasteiger partial charge in [0.05, 0.1) is 11.6 Å². The van der Waals surface area contributed by atoms with Crippen LogP contribution in [0.15, 0.2) is 36.4 Å². The van der Waals surface area contributed by atoms with Crippen LogP contribution in [0.1, 0.15) is 43.5 Å². The summed E-state index contributed by atoms with van der Waals surface area (Å²) in [7, 11) is 0. The van der Waals surface area contributed by atoms with E-state index in [-0.39, 0.29) is 16.6 Å². The van der Waals surface area contributed by atoms with Crippen LogP contribution in [0.5, 0.6) is 0 Å². The first-order valence-corrected chi connectivity index (χ1v) is 14.1. The van der Waals surface area contributed by atoms with Gasteiger partial charge in [0.1, 0.15) is 16.7 Å². The summed E-state index contributed by atoms with van der Waals surface area (Å²) in [6.45, 7) is 7.11.